The number of aryl methyl sites for hydroxylation is 1. The SMILES string of the molecule is CCC(C)NC(=O)C(NC(=O)c1ccccc1C)C1CCN(C(=S)Nc2ccc(F)cc2)CC1. The van der Waals surface area contributed by atoms with E-state index in [9.17, 15) is 14.0 Å². The van der Waals surface area contributed by atoms with E-state index >= 15 is 0 Å². The van der Waals surface area contributed by atoms with E-state index in [0.29, 0.717) is 36.6 Å². The van der Waals surface area contributed by atoms with Crippen molar-refractivity contribution in [3.05, 3.63) is 65.5 Å². The zero-order valence-corrected chi connectivity index (χ0v) is 20.8. The maximum atomic E-state index is 13.2. The van der Waals surface area contributed by atoms with Crippen molar-refractivity contribution in [2.75, 3.05) is 18.4 Å². The number of anilines is 1. The fourth-order valence-corrected chi connectivity index (χ4v) is 4.35. The molecule has 6 nitrogen and oxygen atoms in total. The Hall–Kier alpha value is -3.00. The van der Waals surface area contributed by atoms with Crippen LogP contribution in [0.5, 0.6) is 0 Å². The minimum absolute atomic E-state index is 0.0121. The third kappa shape index (κ3) is 6.76. The molecule has 1 saturated heterocycles. The van der Waals surface area contributed by atoms with Gasteiger partial charge in [0.05, 0.1) is 0 Å². The summed E-state index contributed by atoms with van der Waals surface area (Å²) >= 11 is 5.54. The molecule has 2 aromatic carbocycles. The highest BCUT2D eigenvalue weighted by atomic mass is 32.1. The van der Waals surface area contributed by atoms with Crippen LogP contribution < -0.4 is 16.0 Å². The van der Waals surface area contributed by atoms with Gasteiger partial charge in [0.15, 0.2) is 5.11 Å². The molecule has 0 spiro atoms. The molecule has 3 rings (SSSR count). The Morgan fingerprint density at radius 2 is 1.74 bits per heavy atom. The molecule has 182 valence electrons. The summed E-state index contributed by atoms with van der Waals surface area (Å²) in [5.41, 5.74) is 2.17. The minimum Gasteiger partial charge on any atom is -0.352 e. The van der Waals surface area contributed by atoms with Crippen molar-refractivity contribution in [2.24, 2.45) is 5.92 Å². The molecule has 1 heterocycles. The minimum atomic E-state index is -0.623. The highest BCUT2D eigenvalue weighted by Crippen LogP contribution is 2.23. The molecule has 0 aliphatic carbocycles. The van der Waals surface area contributed by atoms with E-state index in [1.807, 2.05) is 43.9 Å². The van der Waals surface area contributed by atoms with Crippen LogP contribution in [0.1, 0.15) is 49.0 Å². The number of hydrogen-bond donors (Lipinski definition) is 3. The summed E-state index contributed by atoms with van der Waals surface area (Å²) < 4.78 is 13.2. The molecule has 0 aromatic heterocycles. The van der Waals surface area contributed by atoms with Crippen molar-refractivity contribution in [3.8, 4) is 0 Å². The lowest BCUT2D eigenvalue weighted by molar-refractivity contribution is -0.125. The Morgan fingerprint density at radius 1 is 1.09 bits per heavy atom. The second kappa shape index (κ2) is 11.9. The monoisotopic (exact) mass is 484 g/mol. The van der Waals surface area contributed by atoms with Gasteiger partial charge in [-0.25, -0.2) is 4.39 Å². The van der Waals surface area contributed by atoms with Gasteiger partial charge in [0.1, 0.15) is 11.9 Å². The Labute approximate surface area is 206 Å². The van der Waals surface area contributed by atoms with Gasteiger partial charge in [-0.1, -0.05) is 25.1 Å². The number of carbonyl (C=O) groups excluding carboxylic acids is 2. The number of piperidine rings is 1. The van der Waals surface area contributed by atoms with Crippen molar-refractivity contribution < 1.29 is 14.0 Å². The first-order valence-electron chi connectivity index (χ1n) is 11.8. The fourth-order valence-electron chi connectivity index (χ4n) is 4.05. The van der Waals surface area contributed by atoms with E-state index in [4.69, 9.17) is 12.2 Å². The number of halogens is 1. The first-order chi connectivity index (χ1) is 16.3. The lowest BCUT2D eigenvalue weighted by Gasteiger charge is -2.37. The van der Waals surface area contributed by atoms with E-state index in [1.54, 1.807) is 18.2 Å². The average Bonchev–Trinajstić information content (AvgIpc) is 2.84. The number of nitrogens with zero attached hydrogens (tertiary/aromatic N) is 1. The van der Waals surface area contributed by atoms with Gasteiger partial charge in [-0.05, 0) is 87.1 Å². The molecule has 3 N–H and O–H groups in total. The van der Waals surface area contributed by atoms with Crippen LogP contribution in [0.25, 0.3) is 0 Å². The summed E-state index contributed by atoms with van der Waals surface area (Å²) in [6, 6.07) is 12.8. The zero-order valence-electron chi connectivity index (χ0n) is 19.9. The molecule has 8 heteroatoms. The third-order valence-electron chi connectivity index (χ3n) is 6.35. The van der Waals surface area contributed by atoms with Crippen LogP contribution in [-0.4, -0.2) is 47.0 Å². The standard InChI is InChI=1S/C26H33FN4O2S/c1-4-18(3)28-25(33)23(30-24(32)22-8-6-5-7-17(22)2)19-13-15-31(16-14-19)26(34)29-21-11-9-20(27)10-12-21/h5-12,18-19,23H,4,13-16H2,1-3H3,(H,28,33)(H,29,34)(H,30,32). The second-order valence-electron chi connectivity index (χ2n) is 8.85. The van der Waals surface area contributed by atoms with Crippen LogP contribution in [0.15, 0.2) is 48.5 Å². The number of likely N-dealkylation sites (tertiary alicyclic amines) is 1. The van der Waals surface area contributed by atoms with E-state index < -0.39 is 6.04 Å². The summed E-state index contributed by atoms with van der Waals surface area (Å²) in [4.78, 5) is 28.2. The second-order valence-corrected chi connectivity index (χ2v) is 9.23. The van der Waals surface area contributed by atoms with Crippen LogP contribution in [0.2, 0.25) is 0 Å². The van der Waals surface area contributed by atoms with Crippen molar-refractivity contribution in [2.45, 2.75) is 52.1 Å². The van der Waals surface area contributed by atoms with Crippen molar-refractivity contribution in [1.29, 1.82) is 0 Å². The first-order valence-corrected chi connectivity index (χ1v) is 12.2. The summed E-state index contributed by atoms with van der Waals surface area (Å²) in [7, 11) is 0. The predicted octanol–water partition coefficient (Wildman–Crippen LogP) is 4.26. The van der Waals surface area contributed by atoms with Gasteiger partial charge >= 0.3 is 0 Å². The molecule has 0 radical (unpaired) electrons. The number of rotatable bonds is 7. The maximum absolute atomic E-state index is 13.2. The van der Waals surface area contributed by atoms with Crippen molar-refractivity contribution in [1.82, 2.24) is 15.5 Å². The number of hydrogen-bond acceptors (Lipinski definition) is 3. The lowest BCUT2D eigenvalue weighted by Crippen LogP contribution is -2.55. The van der Waals surface area contributed by atoms with E-state index in [0.717, 1.165) is 17.7 Å². The lowest BCUT2D eigenvalue weighted by atomic mass is 9.88. The number of amides is 2. The highest BCUT2D eigenvalue weighted by molar-refractivity contribution is 7.80. The number of carbonyl (C=O) groups is 2. The van der Waals surface area contributed by atoms with E-state index in [1.165, 1.54) is 12.1 Å². The van der Waals surface area contributed by atoms with Gasteiger partial charge in [0, 0.05) is 30.4 Å². The predicted molar refractivity (Wildman–Crippen MR) is 137 cm³/mol. The highest BCUT2D eigenvalue weighted by Gasteiger charge is 2.34. The molecule has 0 bridgehead atoms. The smallest absolute Gasteiger partial charge is 0.252 e. The van der Waals surface area contributed by atoms with Crippen molar-refractivity contribution in [3.63, 3.8) is 0 Å². The molecule has 1 aliphatic heterocycles. The summed E-state index contributed by atoms with van der Waals surface area (Å²) in [5.74, 6) is -0.700. The number of nitrogens with one attached hydrogen (secondary N) is 3. The maximum Gasteiger partial charge on any atom is 0.252 e. The Kier molecular flexibility index (Phi) is 8.98. The average molecular weight is 485 g/mol. The molecule has 34 heavy (non-hydrogen) atoms. The quantitative estimate of drug-likeness (QED) is 0.513. The van der Waals surface area contributed by atoms with Gasteiger partial charge in [-0.15, -0.1) is 0 Å². The molecule has 2 atom stereocenters. The summed E-state index contributed by atoms with van der Waals surface area (Å²) in [6.45, 7) is 7.17. The summed E-state index contributed by atoms with van der Waals surface area (Å²) in [6.07, 6.45) is 2.22. The van der Waals surface area contributed by atoms with Gasteiger partial charge in [-0.2, -0.15) is 0 Å². The third-order valence-corrected chi connectivity index (χ3v) is 6.71. The molecule has 2 amide bonds. The molecule has 1 fully saturated rings. The van der Waals surface area contributed by atoms with Crippen LogP contribution >= 0.6 is 12.2 Å². The Morgan fingerprint density at radius 3 is 2.35 bits per heavy atom. The molecule has 1 aliphatic rings. The van der Waals surface area contributed by atoms with Crippen LogP contribution in [-0.2, 0) is 4.79 Å². The fraction of sp³-hybridized carbons (Fsp3) is 0.423. The van der Waals surface area contributed by atoms with Crippen LogP contribution in [0, 0.1) is 18.7 Å². The Bertz CT molecular complexity index is 1010. The topological polar surface area (TPSA) is 73.5 Å². The van der Waals surface area contributed by atoms with Crippen molar-refractivity contribution >= 4 is 34.8 Å². The summed E-state index contributed by atoms with van der Waals surface area (Å²) in [5, 5.41) is 9.75. The van der Waals surface area contributed by atoms with Crippen LogP contribution in [0.3, 0.4) is 0 Å². The number of thiocarbonyl (C=S) groups is 1. The first kappa shape index (κ1) is 25.6. The van der Waals surface area contributed by atoms with Gasteiger partial charge < -0.3 is 20.9 Å². The van der Waals surface area contributed by atoms with E-state index in [2.05, 4.69) is 16.0 Å². The van der Waals surface area contributed by atoms with Gasteiger partial charge in [-0.3, -0.25) is 9.59 Å². The molecular weight excluding hydrogens is 451 g/mol. The largest absolute Gasteiger partial charge is 0.352 e. The molecular formula is C26H33FN4O2S. The molecule has 2 aromatic rings. The molecule has 2 unspecified atom stereocenters. The zero-order chi connectivity index (χ0) is 24.7. The normalized spacial score (nSPS) is 15.8. The van der Waals surface area contributed by atoms with E-state index in [-0.39, 0.29) is 29.6 Å². The van der Waals surface area contributed by atoms with Crippen LogP contribution in [0.4, 0.5) is 10.1 Å². The molecule has 0 saturated carbocycles. The number of benzene rings is 2. The van der Waals surface area contributed by atoms with Gasteiger partial charge in [0.2, 0.25) is 5.91 Å². The Balaban J connectivity index is 1.66. The van der Waals surface area contributed by atoms with Gasteiger partial charge in [0.25, 0.3) is 5.91 Å².